The van der Waals surface area contributed by atoms with Crippen LogP contribution >= 0.6 is 0 Å². The Hall–Kier alpha value is -4.07. The lowest BCUT2D eigenvalue weighted by atomic mass is 9.98. The molecule has 0 aliphatic heterocycles. The van der Waals surface area contributed by atoms with Crippen LogP contribution < -0.4 is 10.6 Å². The van der Waals surface area contributed by atoms with E-state index in [9.17, 15) is 14.4 Å². The molecule has 3 N–H and O–H groups in total. The molecule has 0 saturated heterocycles. The molecular formula is C26H26N2O6. The molecule has 0 bridgehead atoms. The first-order chi connectivity index (χ1) is 16.4. The zero-order chi connectivity index (χ0) is 24.1. The Morgan fingerprint density at radius 3 is 2.26 bits per heavy atom. The van der Waals surface area contributed by atoms with Gasteiger partial charge in [0.25, 0.3) is 5.91 Å². The third kappa shape index (κ3) is 5.28. The van der Waals surface area contributed by atoms with Gasteiger partial charge in [-0.1, -0.05) is 55.5 Å². The number of hydrogen-bond acceptors (Lipinski definition) is 5. The third-order valence-corrected chi connectivity index (χ3v) is 5.77. The maximum absolute atomic E-state index is 12.3. The molecule has 34 heavy (non-hydrogen) atoms. The molecule has 2 aromatic carbocycles. The zero-order valence-electron chi connectivity index (χ0n) is 18.7. The first-order valence-corrected chi connectivity index (χ1v) is 11.1. The van der Waals surface area contributed by atoms with E-state index in [-0.39, 0.29) is 43.7 Å². The van der Waals surface area contributed by atoms with Crippen LogP contribution in [0.5, 0.6) is 0 Å². The van der Waals surface area contributed by atoms with Crippen molar-refractivity contribution in [1.82, 2.24) is 10.6 Å². The van der Waals surface area contributed by atoms with E-state index in [1.54, 1.807) is 13.0 Å². The summed E-state index contributed by atoms with van der Waals surface area (Å²) in [6, 6.07) is 19.3. The lowest BCUT2D eigenvalue weighted by molar-refractivity contribution is -0.137. The number of ether oxygens (including phenoxy) is 1. The second-order valence-corrected chi connectivity index (χ2v) is 8.36. The molecule has 3 aromatic rings. The highest BCUT2D eigenvalue weighted by atomic mass is 16.5. The Morgan fingerprint density at radius 1 is 0.971 bits per heavy atom. The summed E-state index contributed by atoms with van der Waals surface area (Å²) in [6.45, 7) is 2.24. The average Bonchev–Trinajstić information content (AvgIpc) is 3.42. The first kappa shape index (κ1) is 23.1. The highest BCUT2D eigenvalue weighted by Gasteiger charge is 2.29. The van der Waals surface area contributed by atoms with E-state index >= 15 is 0 Å². The van der Waals surface area contributed by atoms with Crippen LogP contribution in [0, 0.1) is 5.92 Å². The van der Waals surface area contributed by atoms with Crippen LogP contribution in [0.25, 0.3) is 11.1 Å². The van der Waals surface area contributed by atoms with E-state index in [2.05, 4.69) is 34.9 Å². The van der Waals surface area contributed by atoms with Crippen LogP contribution in [0.2, 0.25) is 0 Å². The fourth-order valence-corrected chi connectivity index (χ4v) is 4.13. The summed E-state index contributed by atoms with van der Waals surface area (Å²) < 4.78 is 11.0. The summed E-state index contributed by atoms with van der Waals surface area (Å²) in [7, 11) is 0. The zero-order valence-corrected chi connectivity index (χ0v) is 18.7. The van der Waals surface area contributed by atoms with Crippen molar-refractivity contribution in [2.45, 2.75) is 25.8 Å². The van der Waals surface area contributed by atoms with E-state index in [1.165, 1.54) is 6.07 Å². The number of fused-ring (bicyclic) bond motifs is 3. The summed E-state index contributed by atoms with van der Waals surface area (Å²) in [5, 5.41) is 14.1. The molecule has 8 heteroatoms. The predicted octanol–water partition coefficient (Wildman–Crippen LogP) is 4.16. The van der Waals surface area contributed by atoms with Crippen molar-refractivity contribution in [2.75, 3.05) is 13.2 Å². The average molecular weight is 463 g/mol. The molecular weight excluding hydrogens is 436 g/mol. The van der Waals surface area contributed by atoms with Crippen LogP contribution in [-0.2, 0) is 16.1 Å². The van der Waals surface area contributed by atoms with Crippen molar-refractivity contribution in [3.05, 3.63) is 83.3 Å². The van der Waals surface area contributed by atoms with Crippen LogP contribution in [0.1, 0.15) is 46.7 Å². The van der Waals surface area contributed by atoms with E-state index in [1.807, 2.05) is 24.3 Å². The number of rotatable bonds is 9. The molecule has 1 heterocycles. The number of carbonyl (C=O) groups excluding carboxylic acids is 2. The Labute approximate surface area is 196 Å². The highest BCUT2D eigenvalue weighted by Crippen LogP contribution is 2.44. The maximum atomic E-state index is 12.3. The molecule has 0 spiro atoms. The molecule has 8 nitrogen and oxygen atoms in total. The van der Waals surface area contributed by atoms with Gasteiger partial charge in [0.2, 0.25) is 0 Å². The molecule has 1 unspecified atom stereocenters. The Bertz CT molecular complexity index is 1160. The Balaban J connectivity index is 1.27. The minimum absolute atomic E-state index is 0.0272. The summed E-state index contributed by atoms with van der Waals surface area (Å²) in [5.41, 5.74) is 4.59. The molecule has 2 amide bonds. The van der Waals surface area contributed by atoms with Crippen molar-refractivity contribution in [3.8, 4) is 11.1 Å². The normalized spacial score (nSPS) is 13.0. The first-order valence-electron chi connectivity index (χ1n) is 11.1. The quantitative estimate of drug-likeness (QED) is 0.440. The topological polar surface area (TPSA) is 118 Å². The second-order valence-electron chi connectivity index (χ2n) is 8.36. The van der Waals surface area contributed by atoms with Gasteiger partial charge in [0.05, 0.1) is 6.54 Å². The smallest absolute Gasteiger partial charge is 0.407 e. The van der Waals surface area contributed by atoms with Gasteiger partial charge in [0.15, 0.2) is 5.76 Å². The van der Waals surface area contributed by atoms with Gasteiger partial charge >= 0.3 is 12.1 Å². The van der Waals surface area contributed by atoms with Gasteiger partial charge in [-0.3, -0.25) is 9.59 Å². The van der Waals surface area contributed by atoms with Crippen molar-refractivity contribution in [2.24, 2.45) is 5.92 Å². The van der Waals surface area contributed by atoms with Gasteiger partial charge < -0.3 is 24.9 Å². The molecule has 0 fully saturated rings. The van der Waals surface area contributed by atoms with Gasteiger partial charge in [0.1, 0.15) is 12.4 Å². The minimum Gasteiger partial charge on any atom is -0.481 e. The summed E-state index contributed by atoms with van der Waals surface area (Å²) >= 11 is 0. The number of carboxylic acid groups (broad SMARTS) is 1. The molecule has 0 radical (unpaired) electrons. The molecule has 1 aliphatic carbocycles. The largest absolute Gasteiger partial charge is 0.481 e. The molecule has 4 rings (SSSR count). The number of carbonyl (C=O) groups is 3. The van der Waals surface area contributed by atoms with E-state index in [0.29, 0.717) is 5.76 Å². The number of hydrogen-bond donors (Lipinski definition) is 3. The number of nitrogens with one attached hydrogen (secondary N) is 2. The SMILES string of the molecule is CC(CNC(=O)c1ccc(CNC(=O)OCC2c3ccccc3-c3ccccc32)o1)CC(=O)O. The molecule has 176 valence electrons. The van der Waals surface area contributed by atoms with E-state index in [4.69, 9.17) is 14.3 Å². The van der Waals surface area contributed by atoms with Crippen molar-refractivity contribution >= 4 is 18.0 Å². The maximum Gasteiger partial charge on any atom is 0.407 e. The third-order valence-electron chi connectivity index (χ3n) is 5.77. The van der Waals surface area contributed by atoms with Crippen LogP contribution in [0.4, 0.5) is 4.79 Å². The monoisotopic (exact) mass is 462 g/mol. The predicted molar refractivity (Wildman–Crippen MR) is 124 cm³/mol. The Kier molecular flexibility index (Phi) is 6.96. The van der Waals surface area contributed by atoms with Gasteiger partial charge in [-0.25, -0.2) is 4.79 Å². The molecule has 1 atom stereocenters. The number of amides is 2. The van der Waals surface area contributed by atoms with Gasteiger partial charge in [-0.15, -0.1) is 0 Å². The highest BCUT2D eigenvalue weighted by molar-refractivity contribution is 5.91. The van der Waals surface area contributed by atoms with E-state index < -0.39 is 18.0 Å². The minimum atomic E-state index is -0.915. The fourth-order valence-electron chi connectivity index (χ4n) is 4.13. The Morgan fingerprint density at radius 2 is 1.62 bits per heavy atom. The summed E-state index contributed by atoms with van der Waals surface area (Å²) in [6.07, 6.45) is -0.611. The number of alkyl carbamates (subject to hydrolysis) is 1. The number of aliphatic carboxylic acids is 1. The van der Waals surface area contributed by atoms with Gasteiger partial charge in [0, 0.05) is 18.9 Å². The van der Waals surface area contributed by atoms with Crippen LogP contribution in [0.3, 0.4) is 0 Å². The standard InChI is InChI=1S/C26H26N2O6/c1-16(12-24(29)30)13-27-25(31)23-11-10-17(34-23)14-28-26(32)33-15-22-20-8-4-2-6-18(20)19-7-3-5-9-21(19)22/h2-11,16,22H,12-15H2,1H3,(H,27,31)(H,28,32)(H,29,30). The molecule has 1 aliphatic rings. The molecule has 1 aromatic heterocycles. The number of furan rings is 1. The summed E-state index contributed by atoms with van der Waals surface area (Å²) in [4.78, 5) is 35.2. The van der Waals surface area contributed by atoms with Crippen LogP contribution in [0.15, 0.2) is 65.1 Å². The number of benzene rings is 2. The fraction of sp³-hybridized carbons (Fsp3) is 0.269. The van der Waals surface area contributed by atoms with E-state index in [0.717, 1.165) is 22.3 Å². The van der Waals surface area contributed by atoms with Crippen molar-refractivity contribution in [3.63, 3.8) is 0 Å². The lowest BCUT2D eigenvalue weighted by Crippen LogP contribution is -2.29. The van der Waals surface area contributed by atoms with Crippen molar-refractivity contribution < 1.29 is 28.6 Å². The summed E-state index contributed by atoms with van der Waals surface area (Å²) in [5.74, 6) is -1.10. The van der Waals surface area contributed by atoms with Gasteiger partial charge in [-0.2, -0.15) is 0 Å². The lowest BCUT2D eigenvalue weighted by Gasteiger charge is -2.14. The van der Waals surface area contributed by atoms with Crippen LogP contribution in [-0.4, -0.2) is 36.2 Å². The number of carboxylic acids is 1. The molecule has 0 saturated carbocycles. The second kappa shape index (κ2) is 10.2. The van der Waals surface area contributed by atoms with Gasteiger partial charge in [-0.05, 0) is 40.3 Å². The van der Waals surface area contributed by atoms with Crippen molar-refractivity contribution in [1.29, 1.82) is 0 Å².